The number of halogens is 1. The summed E-state index contributed by atoms with van der Waals surface area (Å²) in [6.45, 7) is 5.22. The van der Waals surface area contributed by atoms with E-state index in [-0.39, 0.29) is 6.04 Å². The Bertz CT molecular complexity index is 312. The van der Waals surface area contributed by atoms with Gasteiger partial charge in [0.05, 0.1) is 11.7 Å². The summed E-state index contributed by atoms with van der Waals surface area (Å²) in [5, 5.41) is 5.98. The van der Waals surface area contributed by atoms with Gasteiger partial charge in [0.1, 0.15) is 5.67 Å². The van der Waals surface area contributed by atoms with Gasteiger partial charge >= 0.3 is 0 Å². The van der Waals surface area contributed by atoms with Crippen molar-refractivity contribution in [2.75, 3.05) is 13.1 Å². The van der Waals surface area contributed by atoms with Crippen molar-refractivity contribution < 1.29 is 4.39 Å². The van der Waals surface area contributed by atoms with Crippen molar-refractivity contribution in [1.82, 2.24) is 14.5 Å². The lowest BCUT2D eigenvalue weighted by Gasteiger charge is -2.38. The molecule has 0 unspecified atom stereocenters. The lowest BCUT2D eigenvalue weighted by molar-refractivity contribution is 0.0380. The highest BCUT2D eigenvalue weighted by molar-refractivity contribution is 7.03. The van der Waals surface area contributed by atoms with E-state index in [2.05, 4.69) is 21.4 Å². The molecule has 2 atom stereocenters. The zero-order valence-corrected chi connectivity index (χ0v) is 9.93. The zero-order chi connectivity index (χ0) is 10.9. The van der Waals surface area contributed by atoms with E-state index in [4.69, 9.17) is 0 Å². The maximum atomic E-state index is 13.8. The Morgan fingerprint density at radius 1 is 1.67 bits per heavy atom. The van der Waals surface area contributed by atoms with Gasteiger partial charge in [-0.15, -0.1) is 5.10 Å². The predicted molar refractivity (Wildman–Crippen MR) is 58.6 cm³/mol. The second-order valence-corrected chi connectivity index (χ2v) is 5.10. The fraction of sp³-hybridized carbons (Fsp3) is 0.800. The van der Waals surface area contributed by atoms with Crippen molar-refractivity contribution in [3.63, 3.8) is 0 Å². The van der Waals surface area contributed by atoms with Crippen LogP contribution in [0.4, 0.5) is 4.39 Å². The molecule has 0 N–H and O–H groups in total. The molecule has 2 heterocycles. The van der Waals surface area contributed by atoms with E-state index in [1.165, 1.54) is 11.5 Å². The highest BCUT2D eigenvalue weighted by atomic mass is 32.1. The van der Waals surface area contributed by atoms with E-state index >= 15 is 0 Å². The van der Waals surface area contributed by atoms with Crippen LogP contribution in [-0.4, -0.2) is 33.2 Å². The number of rotatable bonds is 2. The number of alkyl halides is 1. The normalized spacial score (nSPS) is 30.3. The molecule has 0 bridgehead atoms. The van der Waals surface area contributed by atoms with E-state index in [1.54, 1.807) is 6.92 Å². The molecule has 1 aliphatic heterocycles. The molecule has 0 radical (unpaired) electrons. The van der Waals surface area contributed by atoms with Crippen molar-refractivity contribution in [1.29, 1.82) is 0 Å². The number of hydrogen-bond acceptors (Lipinski definition) is 4. The van der Waals surface area contributed by atoms with Crippen LogP contribution in [0.25, 0.3) is 0 Å². The number of nitrogens with zero attached hydrogens (tertiary/aromatic N) is 3. The highest BCUT2D eigenvalue weighted by Gasteiger charge is 2.33. The average molecular weight is 229 g/mol. The molecule has 5 heteroatoms. The van der Waals surface area contributed by atoms with Gasteiger partial charge in [0.15, 0.2) is 0 Å². The van der Waals surface area contributed by atoms with Gasteiger partial charge in [-0.1, -0.05) is 4.49 Å². The summed E-state index contributed by atoms with van der Waals surface area (Å²) in [4.78, 5) is 2.15. The molecule has 15 heavy (non-hydrogen) atoms. The Morgan fingerprint density at radius 3 is 3.07 bits per heavy atom. The maximum absolute atomic E-state index is 13.8. The molecule has 1 fully saturated rings. The van der Waals surface area contributed by atoms with Crippen molar-refractivity contribution >= 4 is 11.5 Å². The summed E-state index contributed by atoms with van der Waals surface area (Å²) in [6.07, 6.45) is 1.60. The number of piperidine rings is 1. The summed E-state index contributed by atoms with van der Waals surface area (Å²) in [6, 6.07) is 0.180. The average Bonchev–Trinajstić information content (AvgIpc) is 2.67. The predicted octanol–water partition coefficient (Wildman–Crippen LogP) is 2.42. The maximum Gasteiger partial charge on any atom is 0.121 e. The van der Waals surface area contributed by atoms with Crippen LogP contribution in [0, 0.1) is 0 Å². The minimum atomic E-state index is -1.05. The van der Waals surface area contributed by atoms with Gasteiger partial charge < -0.3 is 0 Å². The van der Waals surface area contributed by atoms with Gasteiger partial charge in [-0.05, 0) is 44.8 Å². The molecule has 1 aromatic heterocycles. The fourth-order valence-corrected chi connectivity index (χ4v) is 2.64. The zero-order valence-electron chi connectivity index (χ0n) is 9.11. The van der Waals surface area contributed by atoms with Gasteiger partial charge in [0.25, 0.3) is 0 Å². The first-order valence-corrected chi connectivity index (χ1v) is 6.12. The molecule has 3 nitrogen and oxygen atoms in total. The Kier molecular flexibility index (Phi) is 3.02. The Balaban J connectivity index is 2.04. The molecule has 0 amide bonds. The van der Waals surface area contributed by atoms with E-state index in [0.29, 0.717) is 13.0 Å². The van der Waals surface area contributed by atoms with Crippen molar-refractivity contribution in [3.05, 3.63) is 11.1 Å². The second kappa shape index (κ2) is 4.14. The van der Waals surface area contributed by atoms with Gasteiger partial charge in [-0.25, -0.2) is 4.39 Å². The first-order valence-electron chi connectivity index (χ1n) is 5.28. The minimum Gasteiger partial charge on any atom is -0.292 e. The van der Waals surface area contributed by atoms with Gasteiger partial charge in [0.2, 0.25) is 0 Å². The molecule has 0 aliphatic carbocycles. The van der Waals surface area contributed by atoms with Gasteiger partial charge in [-0.2, -0.15) is 0 Å². The van der Waals surface area contributed by atoms with Crippen LogP contribution in [0.15, 0.2) is 5.38 Å². The van der Waals surface area contributed by atoms with Crippen molar-refractivity contribution in [3.8, 4) is 0 Å². The quantitative estimate of drug-likeness (QED) is 0.780. The molecule has 1 aromatic rings. The molecule has 0 spiro atoms. The standard InChI is InChI=1S/C10H16FN3S/c1-8(9-6-15-13-12-9)14-5-3-4-10(2,11)7-14/h6,8H,3-5,7H2,1-2H3/t8-,10+/m1/s1. The molecule has 0 saturated carbocycles. The third kappa shape index (κ3) is 2.52. The smallest absolute Gasteiger partial charge is 0.121 e. The largest absolute Gasteiger partial charge is 0.292 e. The van der Waals surface area contributed by atoms with Crippen LogP contribution in [0.1, 0.15) is 38.4 Å². The van der Waals surface area contributed by atoms with Crippen molar-refractivity contribution in [2.24, 2.45) is 0 Å². The van der Waals surface area contributed by atoms with Crippen LogP contribution in [0.3, 0.4) is 0 Å². The fourth-order valence-electron chi connectivity index (χ4n) is 2.10. The van der Waals surface area contributed by atoms with E-state index in [0.717, 1.165) is 18.7 Å². The number of likely N-dealkylation sites (tertiary alicyclic amines) is 1. The molecular weight excluding hydrogens is 213 g/mol. The third-order valence-electron chi connectivity index (χ3n) is 3.03. The summed E-state index contributed by atoms with van der Waals surface area (Å²) < 4.78 is 17.7. The topological polar surface area (TPSA) is 29.0 Å². The van der Waals surface area contributed by atoms with Crippen LogP contribution < -0.4 is 0 Å². The molecule has 2 rings (SSSR count). The van der Waals surface area contributed by atoms with E-state index < -0.39 is 5.67 Å². The lowest BCUT2D eigenvalue weighted by atomic mass is 9.95. The highest BCUT2D eigenvalue weighted by Crippen LogP contribution is 2.30. The SMILES string of the molecule is C[C@H](c1csnn1)N1CCC[C@](C)(F)C1. The van der Waals surface area contributed by atoms with E-state index in [9.17, 15) is 4.39 Å². The molecule has 0 aromatic carbocycles. The van der Waals surface area contributed by atoms with Crippen LogP contribution >= 0.6 is 11.5 Å². The summed E-state index contributed by atoms with van der Waals surface area (Å²) in [5.41, 5.74) is -0.0895. The van der Waals surface area contributed by atoms with Gasteiger partial charge in [0, 0.05) is 11.9 Å². The second-order valence-electron chi connectivity index (χ2n) is 4.49. The monoisotopic (exact) mass is 229 g/mol. The summed E-state index contributed by atoms with van der Waals surface area (Å²) in [5.74, 6) is 0. The van der Waals surface area contributed by atoms with Crippen LogP contribution in [0.5, 0.6) is 0 Å². The first-order chi connectivity index (χ1) is 7.08. The minimum absolute atomic E-state index is 0.180. The van der Waals surface area contributed by atoms with Gasteiger partial charge in [-0.3, -0.25) is 4.90 Å². The molecule has 84 valence electrons. The summed E-state index contributed by atoms with van der Waals surface area (Å²) >= 11 is 1.35. The molecule has 1 saturated heterocycles. The number of hydrogen-bond donors (Lipinski definition) is 0. The number of aromatic nitrogens is 2. The third-order valence-corrected chi connectivity index (χ3v) is 3.55. The Hall–Kier alpha value is -0.550. The molecular formula is C10H16FN3S. The van der Waals surface area contributed by atoms with Crippen molar-refractivity contribution in [2.45, 2.75) is 38.4 Å². The summed E-state index contributed by atoms with van der Waals surface area (Å²) in [7, 11) is 0. The Labute approximate surface area is 93.5 Å². The van der Waals surface area contributed by atoms with Crippen LogP contribution in [0.2, 0.25) is 0 Å². The molecule has 1 aliphatic rings. The first kappa shape index (κ1) is 11.0. The van der Waals surface area contributed by atoms with E-state index in [1.807, 2.05) is 5.38 Å². The van der Waals surface area contributed by atoms with Crippen LogP contribution in [-0.2, 0) is 0 Å². The lowest BCUT2D eigenvalue weighted by Crippen LogP contribution is -2.44. The Morgan fingerprint density at radius 2 is 2.47 bits per heavy atom.